The van der Waals surface area contributed by atoms with Gasteiger partial charge in [-0.2, -0.15) is 24.7 Å². The molecule has 2 aromatic heterocycles. The molecule has 0 saturated carbocycles. The summed E-state index contributed by atoms with van der Waals surface area (Å²) >= 11 is 0. The van der Waals surface area contributed by atoms with Crippen molar-refractivity contribution in [2.24, 2.45) is 5.92 Å². The first-order valence-electron chi connectivity index (χ1n) is 6.34. The summed E-state index contributed by atoms with van der Waals surface area (Å²) in [6, 6.07) is 0.266. The second kappa shape index (κ2) is 5.78. The summed E-state index contributed by atoms with van der Waals surface area (Å²) in [6.07, 6.45) is 3.93. The Hall–Kier alpha value is -2.29. The first-order chi connectivity index (χ1) is 9.85. The number of hydrogen-bond acceptors (Lipinski definition) is 8. The van der Waals surface area contributed by atoms with Gasteiger partial charge in [0.1, 0.15) is 12.7 Å². The van der Waals surface area contributed by atoms with Gasteiger partial charge in [0.25, 0.3) is 5.95 Å². The van der Waals surface area contributed by atoms with Crippen LogP contribution in [0.5, 0.6) is 6.01 Å². The van der Waals surface area contributed by atoms with Crippen LogP contribution in [-0.4, -0.2) is 56.6 Å². The molecule has 1 fully saturated rings. The zero-order valence-electron chi connectivity index (χ0n) is 11.1. The standard InChI is InChI=1S/C11H15N7O2/c1-12-9-15-10(18-7-13-6-14-18)17-11(16-9)20-5-8-2-3-19-4-8/h6-8H,2-5H2,1H3,(H,12,15,16,17). The zero-order valence-corrected chi connectivity index (χ0v) is 11.1. The first kappa shape index (κ1) is 12.7. The number of anilines is 1. The second-order valence-electron chi connectivity index (χ2n) is 4.37. The summed E-state index contributed by atoms with van der Waals surface area (Å²) < 4.78 is 12.4. The van der Waals surface area contributed by atoms with Crippen LogP contribution in [0.15, 0.2) is 12.7 Å². The van der Waals surface area contributed by atoms with Crippen molar-refractivity contribution in [3.8, 4) is 12.0 Å². The Morgan fingerprint density at radius 3 is 3.10 bits per heavy atom. The van der Waals surface area contributed by atoms with Crippen molar-refractivity contribution in [2.45, 2.75) is 6.42 Å². The third kappa shape index (κ3) is 2.82. The van der Waals surface area contributed by atoms with Gasteiger partial charge in [-0.25, -0.2) is 4.98 Å². The number of aromatic nitrogens is 6. The fraction of sp³-hybridized carbons (Fsp3) is 0.545. The highest BCUT2D eigenvalue weighted by Crippen LogP contribution is 2.15. The van der Waals surface area contributed by atoms with Gasteiger partial charge >= 0.3 is 6.01 Å². The summed E-state index contributed by atoms with van der Waals surface area (Å²) in [5, 5.41) is 6.86. The third-order valence-electron chi connectivity index (χ3n) is 2.92. The molecule has 3 heterocycles. The average Bonchev–Trinajstić information content (AvgIpc) is 3.17. The molecule has 9 nitrogen and oxygen atoms in total. The van der Waals surface area contributed by atoms with E-state index in [1.165, 1.54) is 17.3 Å². The Morgan fingerprint density at radius 2 is 2.40 bits per heavy atom. The van der Waals surface area contributed by atoms with Crippen LogP contribution in [0.3, 0.4) is 0 Å². The Bertz CT molecular complexity index is 554. The van der Waals surface area contributed by atoms with Crippen LogP contribution in [0.4, 0.5) is 5.95 Å². The second-order valence-corrected chi connectivity index (χ2v) is 4.37. The quantitative estimate of drug-likeness (QED) is 0.809. The molecule has 1 aliphatic rings. The summed E-state index contributed by atoms with van der Waals surface area (Å²) in [6.45, 7) is 2.04. The van der Waals surface area contributed by atoms with E-state index in [0.717, 1.165) is 19.6 Å². The Labute approximate surface area is 115 Å². The smallest absolute Gasteiger partial charge is 0.323 e. The largest absolute Gasteiger partial charge is 0.463 e. The molecular weight excluding hydrogens is 262 g/mol. The van der Waals surface area contributed by atoms with E-state index >= 15 is 0 Å². The van der Waals surface area contributed by atoms with Gasteiger partial charge < -0.3 is 14.8 Å². The Kier molecular flexibility index (Phi) is 3.68. The molecule has 0 spiro atoms. The molecular formula is C11H15N7O2. The molecule has 0 amide bonds. The van der Waals surface area contributed by atoms with Crippen molar-refractivity contribution in [1.29, 1.82) is 0 Å². The molecule has 1 aliphatic heterocycles. The lowest BCUT2D eigenvalue weighted by Gasteiger charge is -2.10. The zero-order chi connectivity index (χ0) is 13.8. The minimum Gasteiger partial charge on any atom is -0.463 e. The molecule has 0 aromatic carbocycles. The van der Waals surface area contributed by atoms with Gasteiger partial charge in [-0.1, -0.05) is 0 Å². The van der Waals surface area contributed by atoms with Gasteiger partial charge in [-0.15, -0.1) is 0 Å². The normalized spacial score (nSPS) is 18.1. The fourth-order valence-corrected chi connectivity index (χ4v) is 1.84. The van der Waals surface area contributed by atoms with E-state index in [2.05, 4.69) is 30.4 Å². The van der Waals surface area contributed by atoms with E-state index in [9.17, 15) is 0 Å². The fourth-order valence-electron chi connectivity index (χ4n) is 1.84. The highest BCUT2D eigenvalue weighted by atomic mass is 16.5. The lowest BCUT2D eigenvalue weighted by molar-refractivity contribution is 0.163. The van der Waals surface area contributed by atoms with Crippen molar-refractivity contribution < 1.29 is 9.47 Å². The number of ether oxygens (including phenoxy) is 2. The molecule has 20 heavy (non-hydrogen) atoms. The molecule has 3 rings (SSSR count). The SMILES string of the molecule is CNc1nc(OCC2CCOC2)nc(-n2cncn2)n1. The van der Waals surface area contributed by atoms with Crippen LogP contribution in [0.1, 0.15) is 6.42 Å². The molecule has 0 aliphatic carbocycles. The van der Waals surface area contributed by atoms with Gasteiger partial charge in [0.05, 0.1) is 13.2 Å². The number of rotatable bonds is 5. The number of nitrogens with zero attached hydrogens (tertiary/aromatic N) is 6. The lowest BCUT2D eigenvalue weighted by atomic mass is 10.1. The van der Waals surface area contributed by atoms with Crippen molar-refractivity contribution in [1.82, 2.24) is 29.7 Å². The molecule has 0 bridgehead atoms. The van der Waals surface area contributed by atoms with E-state index in [1.807, 2.05) is 0 Å². The van der Waals surface area contributed by atoms with Gasteiger partial charge in [-0.05, 0) is 6.42 Å². The lowest BCUT2D eigenvalue weighted by Crippen LogP contribution is -2.15. The Balaban J connectivity index is 1.77. The molecule has 1 saturated heterocycles. The maximum absolute atomic E-state index is 5.63. The minimum absolute atomic E-state index is 0.266. The van der Waals surface area contributed by atoms with Gasteiger partial charge in [-0.3, -0.25) is 0 Å². The molecule has 1 unspecified atom stereocenters. The summed E-state index contributed by atoms with van der Waals surface area (Å²) in [7, 11) is 1.73. The predicted octanol–water partition coefficient (Wildman–Crippen LogP) is -0.0907. The van der Waals surface area contributed by atoms with Crippen LogP contribution in [0.25, 0.3) is 5.95 Å². The summed E-state index contributed by atoms with van der Waals surface area (Å²) in [5.41, 5.74) is 0. The number of hydrogen-bond donors (Lipinski definition) is 1. The van der Waals surface area contributed by atoms with Crippen molar-refractivity contribution in [2.75, 3.05) is 32.2 Å². The van der Waals surface area contributed by atoms with Crippen molar-refractivity contribution >= 4 is 5.95 Å². The first-order valence-corrected chi connectivity index (χ1v) is 6.34. The van der Waals surface area contributed by atoms with E-state index in [4.69, 9.17) is 9.47 Å². The van der Waals surface area contributed by atoms with Gasteiger partial charge in [0, 0.05) is 19.6 Å². The van der Waals surface area contributed by atoms with Crippen LogP contribution in [0, 0.1) is 5.92 Å². The number of nitrogens with one attached hydrogen (secondary N) is 1. The molecule has 0 radical (unpaired) electrons. The molecule has 106 valence electrons. The highest BCUT2D eigenvalue weighted by molar-refractivity contribution is 5.28. The van der Waals surface area contributed by atoms with Crippen LogP contribution < -0.4 is 10.1 Å². The van der Waals surface area contributed by atoms with Crippen LogP contribution >= 0.6 is 0 Å². The topological polar surface area (TPSA) is 99.9 Å². The van der Waals surface area contributed by atoms with Crippen LogP contribution in [-0.2, 0) is 4.74 Å². The van der Waals surface area contributed by atoms with E-state index in [-0.39, 0.29) is 6.01 Å². The maximum Gasteiger partial charge on any atom is 0.323 e. The van der Waals surface area contributed by atoms with Gasteiger partial charge in [0.2, 0.25) is 5.95 Å². The van der Waals surface area contributed by atoms with Gasteiger partial charge in [0.15, 0.2) is 0 Å². The van der Waals surface area contributed by atoms with Crippen molar-refractivity contribution in [3.63, 3.8) is 0 Å². The molecule has 9 heteroatoms. The maximum atomic E-state index is 5.63. The molecule has 1 atom stereocenters. The summed E-state index contributed by atoms with van der Waals surface area (Å²) in [5.74, 6) is 1.17. The van der Waals surface area contributed by atoms with Crippen LogP contribution in [0.2, 0.25) is 0 Å². The minimum atomic E-state index is 0.266. The highest BCUT2D eigenvalue weighted by Gasteiger charge is 2.17. The molecule has 2 aromatic rings. The Morgan fingerprint density at radius 1 is 1.45 bits per heavy atom. The third-order valence-corrected chi connectivity index (χ3v) is 2.92. The van der Waals surface area contributed by atoms with E-state index in [0.29, 0.717) is 24.4 Å². The van der Waals surface area contributed by atoms with E-state index in [1.54, 1.807) is 7.05 Å². The molecule has 1 N–H and O–H groups in total. The van der Waals surface area contributed by atoms with E-state index < -0.39 is 0 Å². The van der Waals surface area contributed by atoms with Crippen molar-refractivity contribution in [3.05, 3.63) is 12.7 Å². The predicted molar refractivity (Wildman–Crippen MR) is 68.7 cm³/mol. The summed E-state index contributed by atoms with van der Waals surface area (Å²) in [4.78, 5) is 16.4. The monoisotopic (exact) mass is 277 g/mol. The average molecular weight is 277 g/mol.